The van der Waals surface area contributed by atoms with Crippen LogP contribution in [-0.4, -0.2) is 60.7 Å². The number of rotatable bonds is 5. The number of piperazine rings is 1. The number of phenolic OH excluding ortho intramolecular Hbond substituents is 1. The van der Waals surface area contributed by atoms with E-state index in [-0.39, 0.29) is 24.0 Å². The average molecular weight is 501 g/mol. The topological polar surface area (TPSA) is 64.0 Å². The number of halogens is 1. The van der Waals surface area contributed by atoms with Crippen molar-refractivity contribution in [1.82, 2.24) is 15.2 Å². The number of aliphatic imine (C=N–C) groups is 1. The van der Waals surface area contributed by atoms with Crippen molar-refractivity contribution in [2.45, 2.75) is 19.8 Å². The lowest BCUT2D eigenvalue weighted by Crippen LogP contribution is -2.52. The SMILES string of the molecule is CN=C(NCCCc1nc(C)cs1)N1CCN(c2ccccc2O)CC1.I. The van der Waals surface area contributed by atoms with E-state index in [1.165, 1.54) is 5.01 Å². The molecule has 0 unspecified atom stereocenters. The summed E-state index contributed by atoms with van der Waals surface area (Å²) < 4.78 is 0. The van der Waals surface area contributed by atoms with Gasteiger partial charge in [-0.15, -0.1) is 35.3 Å². The molecule has 27 heavy (non-hydrogen) atoms. The van der Waals surface area contributed by atoms with Crippen LogP contribution in [0.15, 0.2) is 34.6 Å². The first kappa shape index (κ1) is 21.7. The zero-order chi connectivity index (χ0) is 18.4. The molecule has 3 rings (SSSR count). The van der Waals surface area contributed by atoms with E-state index in [4.69, 9.17) is 0 Å². The molecule has 2 heterocycles. The van der Waals surface area contributed by atoms with Crippen LogP contribution in [0.3, 0.4) is 0 Å². The smallest absolute Gasteiger partial charge is 0.193 e. The van der Waals surface area contributed by atoms with Gasteiger partial charge in [-0.1, -0.05) is 12.1 Å². The molecule has 1 aromatic carbocycles. The number of guanidine groups is 1. The molecule has 2 N–H and O–H groups in total. The second-order valence-electron chi connectivity index (χ2n) is 6.42. The first-order chi connectivity index (χ1) is 12.7. The Balaban J connectivity index is 0.00000261. The molecular weight excluding hydrogens is 473 g/mol. The van der Waals surface area contributed by atoms with Crippen LogP contribution < -0.4 is 10.2 Å². The number of phenols is 1. The molecular formula is C19H28IN5OS. The van der Waals surface area contributed by atoms with Gasteiger partial charge in [-0.3, -0.25) is 4.99 Å². The molecule has 1 aliphatic heterocycles. The van der Waals surface area contributed by atoms with Crippen molar-refractivity contribution in [3.8, 4) is 5.75 Å². The molecule has 6 nitrogen and oxygen atoms in total. The van der Waals surface area contributed by atoms with Gasteiger partial charge in [0, 0.05) is 57.3 Å². The molecule has 148 valence electrons. The summed E-state index contributed by atoms with van der Waals surface area (Å²) in [6, 6.07) is 7.53. The predicted molar refractivity (Wildman–Crippen MR) is 124 cm³/mol. The molecule has 0 saturated carbocycles. The van der Waals surface area contributed by atoms with Crippen molar-refractivity contribution in [3.63, 3.8) is 0 Å². The predicted octanol–water partition coefficient (Wildman–Crippen LogP) is 3.11. The third-order valence-electron chi connectivity index (χ3n) is 4.53. The summed E-state index contributed by atoms with van der Waals surface area (Å²) in [5.41, 5.74) is 2.02. The van der Waals surface area contributed by atoms with E-state index in [1.54, 1.807) is 17.4 Å². The monoisotopic (exact) mass is 501 g/mol. The summed E-state index contributed by atoms with van der Waals surface area (Å²) in [7, 11) is 1.84. The molecule has 0 atom stereocenters. The second-order valence-corrected chi connectivity index (χ2v) is 7.37. The number of hydrogen-bond donors (Lipinski definition) is 2. The minimum Gasteiger partial charge on any atom is -0.506 e. The van der Waals surface area contributed by atoms with Crippen molar-refractivity contribution < 1.29 is 5.11 Å². The normalized spacial score (nSPS) is 14.8. The van der Waals surface area contributed by atoms with Gasteiger partial charge in [0.15, 0.2) is 5.96 Å². The highest BCUT2D eigenvalue weighted by atomic mass is 127. The maximum atomic E-state index is 10.0. The summed E-state index contributed by atoms with van der Waals surface area (Å²) in [6.45, 7) is 6.45. The molecule has 0 amide bonds. The molecule has 1 fully saturated rings. The van der Waals surface area contributed by atoms with Crippen molar-refractivity contribution in [2.75, 3.05) is 44.7 Å². The van der Waals surface area contributed by atoms with Crippen LogP contribution in [0.1, 0.15) is 17.1 Å². The first-order valence-electron chi connectivity index (χ1n) is 9.07. The van der Waals surface area contributed by atoms with Gasteiger partial charge in [0.1, 0.15) is 5.75 Å². The molecule has 1 saturated heterocycles. The lowest BCUT2D eigenvalue weighted by atomic mass is 10.2. The number of nitrogens with zero attached hydrogens (tertiary/aromatic N) is 4. The summed E-state index contributed by atoms with van der Waals surface area (Å²) in [4.78, 5) is 13.4. The Labute approximate surface area is 182 Å². The van der Waals surface area contributed by atoms with E-state index >= 15 is 0 Å². The minimum atomic E-state index is 0. The average Bonchev–Trinajstić information content (AvgIpc) is 3.08. The molecule has 1 aliphatic rings. The van der Waals surface area contributed by atoms with Crippen LogP contribution in [0.5, 0.6) is 5.75 Å². The van der Waals surface area contributed by atoms with Crippen LogP contribution in [0, 0.1) is 6.92 Å². The van der Waals surface area contributed by atoms with Crippen LogP contribution >= 0.6 is 35.3 Å². The fourth-order valence-corrected chi connectivity index (χ4v) is 4.00. The number of para-hydroxylation sites is 2. The Hall–Kier alpha value is -1.55. The Morgan fingerprint density at radius 1 is 1.26 bits per heavy atom. The number of aromatic hydroxyl groups is 1. The van der Waals surface area contributed by atoms with Gasteiger partial charge in [0.25, 0.3) is 0 Å². The largest absolute Gasteiger partial charge is 0.506 e. The Morgan fingerprint density at radius 3 is 2.63 bits per heavy atom. The second kappa shape index (κ2) is 10.7. The minimum absolute atomic E-state index is 0. The number of hydrogen-bond acceptors (Lipinski definition) is 5. The first-order valence-corrected chi connectivity index (χ1v) is 9.95. The van der Waals surface area contributed by atoms with E-state index in [1.807, 2.05) is 32.2 Å². The molecule has 0 spiro atoms. The summed E-state index contributed by atoms with van der Waals surface area (Å²) in [5.74, 6) is 1.30. The van der Waals surface area contributed by atoms with Crippen molar-refractivity contribution >= 4 is 47.0 Å². The summed E-state index contributed by atoms with van der Waals surface area (Å²) in [5, 5.41) is 16.8. The Morgan fingerprint density at radius 2 is 2.00 bits per heavy atom. The quantitative estimate of drug-likeness (QED) is 0.286. The summed E-state index contributed by atoms with van der Waals surface area (Å²) >= 11 is 1.74. The van der Waals surface area contributed by atoms with Crippen molar-refractivity contribution in [2.24, 2.45) is 4.99 Å². The van der Waals surface area contributed by atoms with E-state index in [0.29, 0.717) is 5.75 Å². The van der Waals surface area contributed by atoms with E-state index in [2.05, 4.69) is 30.5 Å². The summed E-state index contributed by atoms with van der Waals surface area (Å²) in [6.07, 6.45) is 2.05. The lowest BCUT2D eigenvalue weighted by molar-refractivity contribution is 0.369. The highest BCUT2D eigenvalue weighted by Gasteiger charge is 2.21. The number of thiazole rings is 1. The standard InChI is InChI=1S/C19H27N5OS.HI/c1-15-14-26-18(22-15)8-5-9-21-19(20-2)24-12-10-23(11-13-24)16-6-3-4-7-17(16)25;/h3-4,6-7,14,25H,5,8-13H2,1-2H3,(H,20,21);1H. The number of aromatic nitrogens is 1. The van der Waals surface area contributed by atoms with Gasteiger partial charge in [-0.25, -0.2) is 4.98 Å². The van der Waals surface area contributed by atoms with Crippen LogP contribution in [0.25, 0.3) is 0 Å². The Kier molecular flexibility index (Phi) is 8.62. The molecule has 0 radical (unpaired) electrons. The van der Waals surface area contributed by atoms with E-state index in [9.17, 15) is 5.11 Å². The number of benzene rings is 1. The van der Waals surface area contributed by atoms with E-state index in [0.717, 1.165) is 62.9 Å². The van der Waals surface area contributed by atoms with Crippen LogP contribution in [0.4, 0.5) is 5.69 Å². The number of aryl methyl sites for hydroxylation is 2. The van der Waals surface area contributed by atoms with Crippen LogP contribution in [0.2, 0.25) is 0 Å². The van der Waals surface area contributed by atoms with Gasteiger partial charge in [0.05, 0.1) is 10.7 Å². The molecule has 1 aromatic heterocycles. The molecule has 0 bridgehead atoms. The fraction of sp³-hybridized carbons (Fsp3) is 0.474. The van der Waals surface area contributed by atoms with Gasteiger partial charge < -0.3 is 20.2 Å². The van der Waals surface area contributed by atoms with Crippen molar-refractivity contribution in [1.29, 1.82) is 0 Å². The lowest BCUT2D eigenvalue weighted by Gasteiger charge is -2.37. The van der Waals surface area contributed by atoms with Gasteiger partial charge in [-0.05, 0) is 25.5 Å². The number of nitrogens with one attached hydrogen (secondary N) is 1. The maximum Gasteiger partial charge on any atom is 0.193 e. The third kappa shape index (κ3) is 5.97. The van der Waals surface area contributed by atoms with Crippen molar-refractivity contribution in [3.05, 3.63) is 40.3 Å². The van der Waals surface area contributed by atoms with Crippen LogP contribution in [-0.2, 0) is 6.42 Å². The zero-order valence-electron chi connectivity index (χ0n) is 15.9. The van der Waals surface area contributed by atoms with Gasteiger partial charge >= 0.3 is 0 Å². The molecule has 0 aliphatic carbocycles. The van der Waals surface area contributed by atoms with Gasteiger partial charge in [-0.2, -0.15) is 0 Å². The molecule has 2 aromatic rings. The highest BCUT2D eigenvalue weighted by molar-refractivity contribution is 14.0. The van der Waals surface area contributed by atoms with Gasteiger partial charge in [0.2, 0.25) is 0 Å². The molecule has 8 heteroatoms. The Bertz CT molecular complexity index is 743. The maximum absolute atomic E-state index is 10.0. The van der Waals surface area contributed by atoms with E-state index < -0.39 is 0 Å². The highest BCUT2D eigenvalue weighted by Crippen LogP contribution is 2.27. The zero-order valence-corrected chi connectivity index (χ0v) is 19.0. The number of anilines is 1. The third-order valence-corrected chi connectivity index (χ3v) is 5.56. The fourth-order valence-electron chi connectivity index (χ4n) is 3.18.